The normalized spacial score (nSPS) is 31.5. The van der Waals surface area contributed by atoms with Crippen molar-refractivity contribution in [2.75, 3.05) is 13.2 Å². The number of rotatable bonds is 7. The summed E-state index contributed by atoms with van der Waals surface area (Å²) in [6.45, 7) is 6.42. The van der Waals surface area contributed by atoms with Crippen molar-refractivity contribution in [2.24, 2.45) is 29.6 Å². The maximum atomic E-state index is 12.2. The lowest BCUT2D eigenvalue weighted by Crippen LogP contribution is -2.37. The van der Waals surface area contributed by atoms with Crippen LogP contribution >= 0.6 is 0 Å². The summed E-state index contributed by atoms with van der Waals surface area (Å²) in [4.78, 5) is 46.4. The van der Waals surface area contributed by atoms with Crippen LogP contribution in [0.4, 0.5) is 0 Å². The second kappa shape index (κ2) is 7.06. The number of hydrogen-bond donors (Lipinski definition) is 0. The van der Waals surface area contributed by atoms with Crippen LogP contribution in [-0.4, -0.2) is 37.2 Å². The summed E-state index contributed by atoms with van der Waals surface area (Å²) in [5.74, 6) is -1.94. The van der Waals surface area contributed by atoms with Crippen molar-refractivity contribution in [1.82, 2.24) is 0 Å². The standard InChI is InChI=1S/C17H22O6/c1-9(2)16(20)22-4-5-23-17(21)13-7-11-6-12(13)15(10(3)19)14(11)8-18/h8,11-15H,1,4-7H2,2-3H3. The summed E-state index contributed by atoms with van der Waals surface area (Å²) in [5.41, 5.74) is 0.286. The van der Waals surface area contributed by atoms with Crippen molar-refractivity contribution in [3.63, 3.8) is 0 Å². The molecule has 6 heteroatoms. The van der Waals surface area contributed by atoms with Gasteiger partial charge in [-0.05, 0) is 38.5 Å². The minimum atomic E-state index is -0.522. The van der Waals surface area contributed by atoms with Gasteiger partial charge in [0.05, 0.1) is 5.92 Å². The third-order valence-corrected chi connectivity index (χ3v) is 4.91. The molecular formula is C17H22O6. The second-order valence-corrected chi connectivity index (χ2v) is 6.44. The molecule has 2 aliphatic carbocycles. The monoisotopic (exact) mass is 322 g/mol. The quantitative estimate of drug-likeness (QED) is 0.304. The molecule has 5 unspecified atom stereocenters. The van der Waals surface area contributed by atoms with Crippen LogP contribution in [0.5, 0.6) is 0 Å². The van der Waals surface area contributed by atoms with E-state index in [-0.39, 0.29) is 60.1 Å². The topological polar surface area (TPSA) is 86.7 Å². The molecule has 0 aromatic carbocycles. The number of fused-ring (bicyclic) bond motifs is 2. The molecule has 0 aromatic rings. The van der Waals surface area contributed by atoms with E-state index in [1.165, 1.54) is 13.8 Å². The van der Waals surface area contributed by atoms with E-state index in [1.54, 1.807) is 0 Å². The van der Waals surface area contributed by atoms with E-state index in [9.17, 15) is 19.2 Å². The minimum Gasteiger partial charge on any atom is -0.462 e. The Labute approximate surface area is 135 Å². The van der Waals surface area contributed by atoms with Gasteiger partial charge in [0, 0.05) is 17.4 Å². The number of ketones is 1. The molecule has 0 amide bonds. The molecule has 23 heavy (non-hydrogen) atoms. The predicted octanol–water partition coefficient (Wildman–Crippen LogP) is 1.33. The van der Waals surface area contributed by atoms with Crippen LogP contribution in [0.1, 0.15) is 26.7 Å². The van der Waals surface area contributed by atoms with Gasteiger partial charge in [-0.25, -0.2) is 4.79 Å². The molecule has 126 valence electrons. The van der Waals surface area contributed by atoms with Gasteiger partial charge in [-0.1, -0.05) is 6.58 Å². The van der Waals surface area contributed by atoms with Gasteiger partial charge >= 0.3 is 11.9 Å². The Hall–Kier alpha value is -1.98. The molecule has 0 radical (unpaired) electrons. The molecule has 0 saturated heterocycles. The number of carbonyl (C=O) groups excluding carboxylic acids is 4. The zero-order valence-electron chi connectivity index (χ0n) is 13.4. The largest absolute Gasteiger partial charge is 0.462 e. The third-order valence-electron chi connectivity index (χ3n) is 4.91. The molecule has 2 fully saturated rings. The zero-order chi connectivity index (χ0) is 17.1. The Kier molecular flexibility index (Phi) is 5.34. The molecule has 0 spiro atoms. The van der Waals surface area contributed by atoms with Crippen LogP contribution in [0.15, 0.2) is 12.2 Å². The van der Waals surface area contributed by atoms with E-state index in [0.29, 0.717) is 6.42 Å². The van der Waals surface area contributed by atoms with E-state index in [4.69, 9.17) is 9.47 Å². The maximum absolute atomic E-state index is 12.2. The highest BCUT2D eigenvalue weighted by Gasteiger charge is 2.56. The molecule has 0 aliphatic heterocycles. The number of esters is 2. The van der Waals surface area contributed by atoms with Gasteiger partial charge < -0.3 is 14.3 Å². The minimum absolute atomic E-state index is 0.0203. The van der Waals surface area contributed by atoms with E-state index >= 15 is 0 Å². The molecule has 5 atom stereocenters. The first-order valence-corrected chi connectivity index (χ1v) is 7.81. The Morgan fingerprint density at radius 1 is 1.13 bits per heavy atom. The van der Waals surface area contributed by atoms with Crippen molar-refractivity contribution in [3.05, 3.63) is 12.2 Å². The number of aldehydes is 1. The number of Topliss-reactive ketones (excluding diaryl/α,β-unsaturated/α-hetero) is 1. The summed E-state index contributed by atoms with van der Waals surface area (Å²) in [6.07, 6.45) is 2.16. The van der Waals surface area contributed by atoms with Crippen molar-refractivity contribution >= 4 is 24.0 Å². The lowest BCUT2D eigenvalue weighted by Gasteiger charge is -2.30. The molecule has 0 N–H and O–H groups in total. The van der Waals surface area contributed by atoms with Gasteiger partial charge in [-0.15, -0.1) is 0 Å². The molecule has 2 rings (SSSR count). The molecule has 2 saturated carbocycles. The summed E-state index contributed by atoms with van der Waals surface area (Å²) in [5, 5.41) is 0. The van der Waals surface area contributed by atoms with Gasteiger partial charge in [0.2, 0.25) is 0 Å². The SMILES string of the molecule is C=C(C)C(=O)OCCOC(=O)C1CC2CC1C(C(C)=O)C2C=O. The van der Waals surface area contributed by atoms with E-state index < -0.39 is 5.97 Å². The summed E-state index contributed by atoms with van der Waals surface area (Å²) < 4.78 is 10.0. The molecule has 6 nitrogen and oxygen atoms in total. The molecule has 0 aromatic heterocycles. The van der Waals surface area contributed by atoms with E-state index in [2.05, 4.69) is 6.58 Å². The lowest BCUT2D eigenvalue weighted by molar-refractivity contribution is -0.156. The fourth-order valence-corrected chi connectivity index (χ4v) is 3.95. The van der Waals surface area contributed by atoms with Crippen molar-refractivity contribution < 1.29 is 28.7 Å². The second-order valence-electron chi connectivity index (χ2n) is 6.44. The van der Waals surface area contributed by atoms with Crippen molar-refractivity contribution in [2.45, 2.75) is 26.7 Å². The van der Waals surface area contributed by atoms with Crippen molar-refractivity contribution in [3.8, 4) is 0 Å². The van der Waals surface area contributed by atoms with Crippen LogP contribution in [0.3, 0.4) is 0 Å². The number of hydrogen-bond acceptors (Lipinski definition) is 6. The van der Waals surface area contributed by atoms with E-state index in [0.717, 1.165) is 12.7 Å². The molecule has 2 aliphatic rings. The summed E-state index contributed by atoms with van der Waals surface area (Å²) in [7, 11) is 0. The highest BCUT2D eigenvalue weighted by molar-refractivity contribution is 5.87. The Morgan fingerprint density at radius 2 is 1.78 bits per heavy atom. The molecular weight excluding hydrogens is 300 g/mol. The third kappa shape index (κ3) is 3.51. The highest BCUT2D eigenvalue weighted by Crippen LogP contribution is 2.55. The fourth-order valence-electron chi connectivity index (χ4n) is 3.95. The first-order valence-electron chi connectivity index (χ1n) is 7.81. The Bertz CT molecular complexity index is 537. The molecule has 0 heterocycles. The van der Waals surface area contributed by atoms with Crippen LogP contribution in [-0.2, 0) is 28.7 Å². The first kappa shape index (κ1) is 17.4. The van der Waals surface area contributed by atoms with Gasteiger partial charge in [0.15, 0.2) is 0 Å². The first-order chi connectivity index (χ1) is 10.9. The van der Waals surface area contributed by atoms with E-state index in [1.807, 2.05) is 0 Å². The number of carbonyl (C=O) groups is 4. The van der Waals surface area contributed by atoms with Crippen LogP contribution in [0, 0.1) is 29.6 Å². The van der Waals surface area contributed by atoms with Crippen LogP contribution in [0.2, 0.25) is 0 Å². The zero-order valence-corrected chi connectivity index (χ0v) is 13.4. The van der Waals surface area contributed by atoms with Crippen molar-refractivity contribution in [1.29, 1.82) is 0 Å². The average Bonchev–Trinajstić information content (AvgIpc) is 3.08. The van der Waals surface area contributed by atoms with Gasteiger partial charge in [-0.3, -0.25) is 9.59 Å². The fraction of sp³-hybridized carbons (Fsp3) is 0.647. The van der Waals surface area contributed by atoms with Gasteiger partial charge in [0.1, 0.15) is 25.3 Å². The van der Waals surface area contributed by atoms with Crippen LogP contribution in [0.25, 0.3) is 0 Å². The highest BCUT2D eigenvalue weighted by atomic mass is 16.6. The smallest absolute Gasteiger partial charge is 0.333 e. The summed E-state index contributed by atoms with van der Waals surface area (Å²) >= 11 is 0. The number of ether oxygens (including phenoxy) is 2. The Balaban J connectivity index is 1.85. The lowest BCUT2D eigenvalue weighted by atomic mass is 9.73. The molecule has 2 bridgehead atoms. The average molecular weight is 322 g/mol. The summed E-state index contributed by atoms with van der Waals surface area (Å²) in [6, 6.07) is 0. The predicted molar refractivity (Wildman–Crippen MR) is 80.2 cm³/mol. The van der Waals surface area contributed by atoms with Gasteiger partial charge in [-0.2, -0.15) is 0 Å². The van der Waals surface area contributed by atoms with Crippen LogP contribution < -0.4 is 0 Å². The maximum Gasteiger partial charge on any atom is 0.333 e. The van der Waals surface area contributed by atoms with Gasteiger partial charge in [0.25, 0.3) is 0 Å². The Morgan fingerprint density at radius 3 is 2.35 bits per heavy atom.